The minimum absolute atomic E-state index is 0.0462. The predicted octanol–water partition coefficient (Wildman–Crippen LogP) is 3.94. The van der Waals surface area contributed by atoms with Gasteiger partial charge < -0.3 is 25.2 Å². The average Bonchev–Trinajstić information content (AvgIpc) is 3.17. The van der Waals surface area contributed by atoms with Crippen LogP contribution in [0.2, 0.25) is 0 Å². The van der Waals surface area contributed by atoms with Gasteiger partial charge in [0.1, 0.15) is 12.6 Å². The van der Waals surface area contributed by atoms with E-state index in [2.05, 4.69) is 34.9 Å². The predicted molar refractivity (Wildman–Crippen MR) is 132 cm³/mol. The molecule has 2 unspecified atom stereocenters. The third kappa shape index (κ3) is 6.60. The van der Waals surface area contributed by atoms with Gasteiger partial charge >= 0.3 is 12.1 Å². The Balaban J connectivity index is 1.53. The summed E-state index contributed by atoms with van der Waals surface area (Å²) in [6.45, 7) is 6.04. The molecule has 3 rings (SSSR count). The number of carboxylic acids is 1. The van der Waals surface area contributed by atoms with Crippen molar-refractivity contribution in [3.63, 3.8) is 0 Å². The minimum Gasteiger partial charge on any atom is -0.480 e. The van der Waals surface area contributed by atoms with Gasteiger partial charge in [-0.05, 0) is 35.1 Å². The second-order valence-corrected chi connectivity index (χ2v) is 8.76. The van der Waals surface area contributed by atoms with E-state index in [0.717, 1.165) is 22.3 Å². The molecule has 0 saturated heterocycles. The molecule has 3 atom stereocenters. The first-order chi connectivity index (χ1) is 16.8. The molecule has 0 bridgehead atoms. The number of alkyl carbamates (subject to hydrolysis) is 1. The van der Waals surface area contributed by atoms with E-state index in [9.17, 15) is 19.5 Å². The number of carbonyl (C=O) groups is 3. The summed E-state index contributed by atoms with van der Waals surface area (Å²) in [7, 11) is 0. The molecule has 1 aliphatic rings. The fourth-order valence-corrected chi connectivity index (χ4v) is 4.39. The van der Waals surface area contributed by atoms with E-state index < -0.39 is 30.1 Å². The van der Waals surface area contributed by atoms with Gasteiger partial charge in [0.15, 0.2) is 0 Å². The highest BCUT2D eigenvalue weighted by atomic mass is 16.5. The average molecular weight is 483 g/mol. The minimum atomic E-state index is -1.07. The quantitative estimate of drug-likeness (QED) is 0.422. The molecular formula is C27H34N2O6. The van der Waals surface area contributed by atoms with Crippen molar-refractivity contribution in [3.8, 4) is 11.1 Å². The molecule has 2 aromatic carbocycles. The van der Waals surface area contributed by atoms with Crippen molar-refractivity contribution in [1.29, 1.82) is 0 Å². The van der Waals surface area contributed by atoms with Gasteiger partial charge in [0.25, 0.3) is 0 Å². The number of benzene rings is 2. The third-order valence-electron chi connectivity index (χ3n) is 6.43. The fraction of sp³-hybridized carbons (Fsp3) is 0.444. The molecule has 2 aromatic rings. The lowest BCUT2D eigenvalue weighted by Crippen LogP contribution is -2.47. The molecular weight excluding hydrogens is 448 g/mol. The normalized spacial score (nSPS) is 14.8. The number of hydrogen-bond donors (Lipinski definition) is 3. The Morgan fingerprint density at radius 3 is 2.14 bits per heavy atom. The van der Waals surface area contributed by atoms with Crippen LogP contribution in [0.15, 0.2) is 48.5 Å². The molecule has 0 aromatic heterocycles. The highest BCUT2D eigenvalue weighted by molar-refractivity contribution is 5.84. The van der Waals surface area contributed by atoms with E-state index in [1.165, 1.54) is 0 Å². The number of carboxylic acid groups (broad SMARTS) is 1. The lowest BCUT2D eigenvalue weighted by molar-refractivity contribution is -0.143. The van der Waals surface area contributed by atoms with E-state index in [0.29, 0.717) is 13.0 Å². The summed E-state index contributed by atoms with van der Waals surface area (Å²) in [6.07, 6.45) is -0.653. The molecule has 2 amide bonds. The third-order valence-corrected chi connectivity index (χ3v) is 6.43. The monoisotopic (exact) mass is 482 g/mol. The van der Waals surface area contributed by atoms with Crippen LogP contribution in [0.4, 0.5) is 4.79 Å². The zero-order valence-corrected chi connectivity index (χ0v) is 20.5. The first kappa shape index (κ1) is 26.2. The zero-order chi connectivity index (χ0) is 25.4. The Kier molecular flexibility index (Phi) is 9.25. The number of aliphatic carboxylic acids is 1. The maximum atomic E-state index is 12.4. The van der Waals surface area contributed by atoms with Crippen molar-refractivity contribution < 1.29 is 29.0 Å². The highest BCUT2D eigenvalue weighted by Crippen LogP contribution is 2.44. The van der Waals surface area contributed by atoms with Crippen molar-refractivity contribution in [2.45, 2.75) is 51.7 Å². The summed E-state index contributed by atoms with van der Waals surface area (Å²) in [5, 5.41) is 14.6. The van der Waals surface area contributed by atoms with Gasteiger partial charge in [-0.15, -0.1) is 0 Å². The summed E-state index contributed by atoms with van der Waals surface area (Å²) < 4.78 is 11.1. The summed E-state index contributed by atoms with van der Waals surface area (Å²) in [4.78, 5) is 36.4. The summed E-state index contributed by atoms with van der Waals surface area (Å²) >= 11 is 0. The highest BCUT2D eigenvalue weighted by Gasteiger charge is 2.29. The van der Waals surface area contributed by atoms with Gasteiger partial charge in [-0.3, -0.25) is 4.79 Å². The standard InChI is InChI=1S/C27H34N2O6/c1-4-17(3)25(26(31)32)29-24(30)14-18(34-5-2)15-28-27(33)35-16-23-21-12-8-6-10-19(21)20-11-7-9-13-22(20)23/h6-13,17-18,23,25H,4-5,14-16H2,1-3H3,(H,28,33)(H,29,30)(H,31,32)/t17?,18?,25-/m0/s1. The molecule has 35 heavy (non-hydrogen) atoms. The van der Waals surface area contributed by atoms with Crippen LogP contribution in [0.25, 0.3) is 11.1 Å². The van der Waals surface area contributed by atoms with Crippen LogP contribution in [0.1, 0.15) is 50.7 Å². The summed E-state index contributed by atoms with van der Waals surface area (Å²) in [5.41, 5.74) is 4.55. The molecule has 0 aliphatic heterocycles. The Morgan fingerprint density at radius 1 is 1.00 bits per heavy atom. The van der Waals surface area contributed by atoms with E-state index in [4.69, 9.17) is 9.47 Å². The van der Waals surface area contributed by atoms with Crippen molar-refractivity contribution >= 4 is 18.0 Å². The van der Waals surface area contributed by atoms with Gasteiger partial charge in [-0.1, -0.05) is 68.8 Å². The van der Waals surface area contributed by atoms with E-state index in [-0.39, 0.29) is 31.4 Å². The van der Waals surface area contributed by atoms with Crippen molar-refractivity contribution in [1.82, 2.24) is 10.6 Å². The van der Waals surface area contributed by atoms with E-state index in [1.54, 1.807) is 13.8 Å². The molecule has 0 spiro atoms. The van der Waals surface area contributed by atoms with Crippen LogP contribution in [0.3, 0.4) is 0 Å². The molecule has 1 aliphatic carbocycles. The number of nitrogens with one attached hydrogen (secondary N) is 2. The molecule has 0 heterocycles. The number of hydrogen-bond acceptors (Lipinski definition) is 5. The van der Waals surface area contributed by atoms with E-state index >= 15 is 0 Å². The second kappa shape index (κ2) is 12.4. The smallest absolute Gasteiger partial charge is 0.407 e. The van der Waals surface area contributed by atoms with Crippen molar-refractivity contribution in [2.24, 2.45) is 5.92 Å². The molecule has 3 N–H and O–H groups in total. The number of ether oxygens (including phenoxy) is 2. The molecule has 8 heteroatoms. The van der Waals surface area contributed by atoms with E-state index in [1.807, 2.05) is 31.2 Å². The summed E-state index contributed by atoms with van der Waals surface area (Å²) in [6, 6.07) is 15.2. The van der Waals surface area contributed by atoms with Gasteiger partial charge in [0.05, 0.1) is 12.5 Å². The Labute approximate surface area is 206 Å². The Morgan fingerprint density at radius 2 is 1.60 bits per heavy atom. The van der Waals surface area contributed by atoms with Gasteiger partial charge in [-0.25, -0.2) is 9.59 Å². The van der Waals surface area contributed by atoms with Crippen molar-refractivity contribution in [2.75, 3.05) is 19.8 Å². The Hall–Kier alpha value is -3.39. The Bertz CT molecular complexity index is 994. The molecule has 0 radical (unpaired) electrons. The van der Waals surface area contributed by atoms with Crippen LogP contribution in [-0.2, 0) is 19.1 Å². The zero-order valence-electron chi connectivity index (χ0n) is 20.5. The molecule has 8 nitrogen and oxygen atoms in total. The lowest BCUT2D eigenvalue weighted by Gasteiger charge is -2.22. The van der Waals surface area contributed by atoms with Crippen LogP contribution in [0.5, 0.6) is 0 Å². The van der Waals surface area contributed by atoms with Crippen LogP contribution < -0.4 is 10.6 Å². The molecule has 0 fully saturated rings. The number of rotatable bonds is 12. The largest absolute Gasteiger partial charge is 0.480 e. The lowest BCUT2D eigenvalue weighted by atomic mass is 9.98. The van der Waals surface area contributed by atoms with Gasteiger partial charge in [0.2, 0.25) is 5.91 Å². The molecule has 0 saturated carbocycles. The van der Waals surface area contributed by atoms with Crippen molar-refractivity contribution in [3.05, 3.63) is 59.7 Å². The number of carbonyl (C=O) groups excluding carboxylic acids is 2. The maximum absolute atomic E-state index is 12.4. The maximum Gasteiger partial charge on any atom is 0.407 e. The summed E-state index contributed by atoms with van der Waals surface area (Å²) in [5.74, 6) is -1.76. The van der Waals surface area contributed by atoms with Crippen LogP contribution in [-0.4, -0.2) is 55.0 Å². The van der Waals surface area contributed by atoms with Gasteiger partial charge in [-0.2, -0.15) is 0 Å². The first-order valence-corrected chi connectivity index (χ1v) is 12.1. The second-order valence-electron chi connectivity index (χ2n) is 8.76. The fourth-order valence-electron chi connectivity index (χ4n) is 4.39. The van der Waals surface area contributed by atoms with Gasteiger partial charge in [0, 0.05) is 19.1 Å². The van der Waals surface area contributed by atoms with Crippen LogP contribution >= 0.6 is 0 Å². The molecule has 188 valence electrons. The SMILES string of the molecule is CCOC(CNC(=O)OCC1c2ccccc2-c2ccccc21)CC(=O)N[C@H](C(=O)O)C(C)CC. The number of fused-ring (bicyclic) bond motifs is 3. The topological polar surface area (TPSA) is 114 Å². The van der Waals surface area contributed by atoms with Crippen LogP contribution in [0, 0.1) is 5.92 Å². The first-order valence-electron chi connectivity index (χ1n) is 12.1. The number of amides is 2.